The standard InChI is InChI=1S/C31H50O4/c1-8-21(19(3)4)11-10-20(5)23-14-15-24-22-12-13-26-27(32)31(34,28(33)35-9-2)18-30(26,7)25(22)16-17-29(23,24)6/h13,19-25,34H,8-12,14-18H2,1-7H3. The summed E-state index contributed by atoms with van der Waals surface area (Å²) in [7, 11) is 0. The lowest BCUT2D eigenvalue weighted by atomic mass is 9.49. The maximum Gasteiger partial charge on any atom is 0.346 e. The van der Waals surface area contributed by atoms with Crippen molar-refractivity contribution in [3.63, 3.8) is 0 Å². The average Bonchev–Trinajstić information content (AvgIpc) is 3.26. The van der Waals surface area contributed by atoms with Crippen molar-refractivity contribution in [3.8, 4) is 0 Å². The molecule has 0 heterocycles. The van der Waals surface area contributed by atoms with Crippen molar-refractivity contribution in [2.45, 2.75) is 112 Å². The van der Waals surface area contributed by atoms with E-state index >= 15 is 0 Å². The number of carbonyl (C=O) groups is 2. The van der Waals surface area contributed by atoms with Crippen LogP contribution in [0.25, 0.3) is 0 Å². The van der Waals surface area contributed by atoms with Gasteiger partial charge in [-0.1, -0.05) is 60.5 Å². The predicted octanol–water partition coefficient (Wildman–Crippen LogP) is 6.75. The summed E-state index contributed by atoms with van der Waals surface area (Å²) in [5.74, 6) is 3.52. The molecule has 3 fully saturated rings. The number of allylic oxidation sites excluding steroid dienone is 1. The molecule has 35 heavy (non-hydrogen) atoms. The van der Waals surface area contributed by atoms with Gasteiger partial charge >= 0.3 is 5.97 Å². The molecule has 0 spiro atoms. The van der Waals surface area contributed by atoms with E-state index in [1.165, 1.54) is 38.5 Å². The fraction of sp³-hybridized carbons (Fsp3) is 0.871. The summed E-state index contributed by atoms with van der Waals surface area (Å²) in [6, 6.07) is 0. The maximum atomic E-state index is 13.3. The van der Waals surface area contributed by atoms with Crippen LogP contribution >= 0.6 is 0 Å². The van der Waals surface area contributed by atoms with Gasteiger partial charge < -0.3 is 9.84 Å². The van der Waals surface area contributed by atoms with E-state index in [1.807, 2.05) is 0 Å². The third-order valence-corrected chi connectivity index (χ3v) is 11.5. The summed E-state index contributed by atoms with van der Waals surface area (Å²) in [5.41, 5.74) is -1.38. The fourth-order valence-corrected chi connectivity index (χ4v) is 9.58. The largest absolute Gasteiger partial charge is 0.464 e. The smallest absolute Gasteiger partial charge is 0.346 e. The Bertz CT molecular complexity index is 860. The van der Waals surface area contributed by atoms with Crippen molar-refractivity contribution in [1.82, 2.24) is 0 Å². The van der Waals surface area contributed by atoms with Crippen LogP contribution in [0.2, 0.25) is 0 Å². The van der Waals surface area contributed by atoms with Crippen LogP contribution in [0.4, 0.5) is 0 Å². The van der Waals surface area contributed by atoms with E-state index in [2.05, 4.69) is 47.6 Å². The summed E-state index contributed by atoms with van der Waals surface area (Å²) >= 11 is 0. The molecule has 4 aliphatic carbocycles. The van der Waals surface area contributed by atoms with Gasteiger partial charge in [-0.3, -0.25) is 4.79 Å². The first kappa shape index (κ1) is 26.9. The lowest BCUT2D eigenvalue weighted by Gasteiger charge is -2.55. The van der Waals surface area contributed by atoms with Crippen molar-refractivity contribution in [2.75, 3.05) is 6.61 Å². The Kier molecular flexibility index (Phi) is 7.39. The summed E-state index contributed by atoms with van der Waals surface area (Å²) < 4.78 is 5.14. The molecular formula is C31H50O4. The maximum absolute atomic E-state index is 13.3. The molecule has 4 nitrogen and oxygen atoms in total. The quantitative estimate of drug-likeness (QED) is 0.304. The van der Waals surface area contributed by atoms with Crippen LogP contribution in [0.1, 0.15) is 106 Å². The van der Waals surface area contributed by atoms with Crippen LogP contribution in [0.3, 0.4) is 0 Å². The van der Waals surface area contributed by atoms with Gasteiger partial charge in [-0.2, -0.15) is 0 Å². The lowest BCUT2D eigenvalue weighted by Crippen LogP contribution is -2.49. The van der Waals surface area contributed by atoms with Gasteiger partial charge in [0.05, 0.1) is 6.61 Å². The minimum atomic E-state index is -2.01. The number of Topliss-reactive ketones (excluding diaryl/α,β-unsaturated/α-hetero) is 1. The molecule has 0 saturated heterocycles. The third kappa shape index (κ3) is 4.14. The first-order valence-corrected chi connectivity index (χ1v) is 14.6. The van der Waals surface area contributed by atoms with Gasteiger partial charge in [0.1, 0.15) is 0 Å². The number of carbonyl (C=O) groups excluding carboxylic acids is 2. The van der Waals surface area contributed by atoms with Gasteiger partial charge in [0.15, 0.2) is 0 Å². The normalized spacial score (nSPS) is 42.2. The molecule has 198 valence electrons. The molecule has 0 aromatic rings. The number of rotatable bonds is 8. The Hall–Kier alpha value is -1.16. The molecule has 9 unspecified atom stereocenters. The van der Waals surface area contributed by atoms with Crippen LogP contribution in [0.5, 0.6) is 0 Å². The SMILES string of the molecule is CCOC(=O)C1(O)CC2(C)C(=CCC3C2CCC2(C)C(C(C)CCC(CC)C(C)C)CCC32)C1=O. The number of esters is 1. The lowest BCUT2D eigenvalue weighted by molar-refractivity contribution is -0.169. The number of aliphatic hydroxyl groups is 1. The van der Waals surface area contributed by atoms with Gasteiger partial charge in [-0.15, -0.1) is 0 Å². The molecule has 0 bridgehead atoms. The molecule has 0 aliphatic heterocycles. The highest BCUT2D eigenvalue weighted by atomic mass is 16.5. The third-order valence-electron chi connectivity index (χ3n) is 11.5. The van der Waals surface area contributed by atoms with Crippen molar-refractivity contribution >= 4 is 11.8 Å². The van der Waals surface area contributed by atoms with Crippen LogP contribution in [0.15, 0.2) is 11.6 Å². The zero-order valence-corrected chi connectivity index (χ0v) is 23.4. The number of fused-ring (bicyclic) bond motifs is 5. The first-order valence-electron chi connectivity index (χ1n) is 14.6. The van der Waals surface area contributed by atoms with E-state index in [0.29, 0.717) is 28.7 Å². The van der Waals surface area contributed by atoms with E-state index in [-0.39, 0.29) is 13.0 Å². The molecule has 0 aromatic heterocycles. The van der Waals surface area contributed by atoms with Crippen LogP contribution < -0.4 is 0 Å². The molecule has 3 saturated carbocycles. The van der Waals surface area contributed by atoms with Crippen molar-refractivity contribution in [1.29, 1.82) is 0 Å². The predicted molar refractivity (Wildman–Crippen MR) is 140 cm³/mol. The fourth-order valence-electron chi connectivity index (χ4n) is 9.58. The van der Waals surface area contributed by atoms with Gasteiger partial charge in [0, 0.05) is 17.4 Å². The molecule has 1 N–H and O–H groups in total. The molecule has 4 aliphatic rings. The number of hydrogen-bond donors (Lipinski definition) is 1. The van der Waals surface area contributed by atoms with Gasteiger partial charge in [0.25, 0.3) is 0 Å². The van der Waals surface area contributed by atoms with Crippen LogP contribution in [0, 0.1) is 52.3 Å². The molecule has 4 heteroatoms. The van der Waals surface area contributed by atoms with Gasteiger partial charge in [0.2, 0.25) is 11.4 Å². The summed E-state index contributed by atoms with van der Waals surface area (Å²) in [6.45, 7) is 16.2. The highest BCUT2D eigenvalue weighted by molar-refractivity contribution is 6.18. The molecular weight excluding hydrogens is 436 g/mol. The molecule has 9 atom stereocenters. The average molecular weight is 487 g/mol. The Labute approximate surface area is 213 Å². The highest BCUT2D eigenvalue weighted by Gasteiger charge is 2.67. The Balaban J connectivity index is 1.52. The molecule has 4 rings (SSSR count). The summed E-state index contributed by atoms with van der Waals surface area (Å²) in [5, 5.41) is 11.2. The topological polar surface area (TPSA) is 63.6 Å². The van der Waals surface area contributed by atoms with Crippen molar-refractivity contribution in [3.05, 3.63) is 11.6 Å². The number of ether oxygens (including phenoxy) is 1. The number of ketones is 1. The zero-order chi connectivity index (χ0) is 25.8. The van der Waals surface area contributed by atoms with Crippen LogP contribution in [-0.4, -0.2) is 29.1 Å². The van der Waals surface area contributed by atoms with E-state index in [9.17, 15) is 14.7 Å². The Morgan fingerprint density at radius 3 is 2.46 bits per heavy atom. The Morgan fingerprint density at radius 1 is 1.11 bits per heavy atom. The van der Waals surface area contributed by atoms with Crippen LogP contribution in [-0.2, 0) is 14.3 Å². The van der Waals surface area contributed by atoms with E-state index in [4.69, 9.17) is 4.74 Å². The zero-order valence-electron chi connectivity index (χ0n) is 23.4. The molecule has 0 radical (unpaired) electrons. The molecule has 0 aromatic carbocycles. The summed E-state index contributed by atoms with van der Waals surface area (Å²) in [4.78, 5) is 25.9. The van der Waals surface area contributed by atoms with Crippen molar-refractivity contribution < 1.29 is 19.4 Å². The monoisotopic (exact) mass is 486 g/mol. The summed E-state index contributed by atoms with van der Waals surface area (Å²) in [6.07, 6.45) is 12.0. The minimum absolute atomic E-state index is 0.173. The highest BCUT2D eigenvalue weighted by Crippen LogP contribution is 2.68. The second-order valence-corrected chi connectivity index (χ2v) is 13.4. The van der Waals surface area contributed by atoms with E-state index in [0.717, 1.165) is 36.5 Å². The number of hydrogen-bond acceptors (Lipinski definition) is 4. The second kappa shape index (κ2) is 9.62. The van der Waals surface area contributed by atoms with Gasteiger partial charge in [-0.05, 0) is 92.3 Å². The first-order chi connectivity index (χ1) is 16.4. The second-order valence-electron chi connectivity index (χ2n) is 13.4. The Morgan fingerprint density at radius 2 is 1.83 bits per heavy atom. The van der Waals surface area contributed by atoms with Crippen molar-refractivity contribution in [2.24, 2.45) is 52.3 Å². The molecule has 0 amide bonds. The van der Waals surface area contributed by atoms with E-state index in [1.54, 1.807) is 6.92 Å². The van der Waals surface area contributed by atoms with E-state index < -0.39 is 22.8 Å². The van der Waals surface area contributed by atoms with Gasteiger partial charge in [-0.25, -0.2) is 4.79 Å². The minimum Gasteiger partial charge on any atom is -0.464 e.